The number of nitrogens with one attached hydrogen (secondary N) is 1. The lowest BCUT2D eigenvalue weighted by Gasteiger charge is -2.06. The Balaban J connectivity index is 1.75. The highest BCUT2D eigenvalue weighted by atomic mass is 16.3. The predicted octanol–water partition coefficient (Wildman–Crippen LogP) is 3.42. The maximum Gasteiger partial charge on any atom is 0.270 e. The highest BCUT2D eigenvalue weighted by molar-refractivity contribution is 6.11. The van der Waals surface area contributed by atoms with Gasteiger partial charge in [-0.2, -0.15) is 10.4 Å². The number of aryl methyl sites for hydroxylation is 1. The normalized spacial score (nSPS) is 12.6. The second kappa shape index (κ2) is 6.46. The first-order valence-electron chi connectivity index (χ1n) is 8.44. The number of hydrogen-bond acceptors (Lipinski definition) is 4. The Bertz CT molecular complexity index is 1120. The molecule has 6 nitrogen and oxygen atoms in total. The van der Waals surface area contributed by atoms with Crippen LogP contribution < -0.4 is 5.32 Å². The zero-order valence-corrected chi connectivity index (χ0v) is 14.6. The van der Waals surface area contributed by atoms with Crippen LogP contribution in [0.25, 0.3) is 17.0 Å². The maximum absolute atomic E-state index is 12.5. The summed E-state index contributed by atoms with van der Waals surface area (Å²) in [5, 5.41) is 27.2. The van der Waals surface area contributed by atoms with Crippen molar-refractivity contribution in [1.82, 2.24) is 9.78 Å². The number of para-hydroxylation sites is 1. The summed E-state index contributed by atoms with van der Waals surface area (Å²) in [6, 6.07) is 18.5. The first kappa shape index (κ1) is 16.6. The predicted molar refractivity (Wildman–Crippen MR) is 102 cm³/mol. The fraction of sp³-hybridized carbons (Fsp3) is 0.0952. The van der Waals surface area contributed by atoms with Crippen molar-refractivity contribution >= 4 is 17.4 Å². The van der Waals surface area contributed by atoms with Crippen molar-refractivity contribution in [3.8, 4) is 17.3 Å². The molecule has 0 unspecified atom stereocenters. The van der Waals surface area contributed by atoms with Gasteiger partial charge in [-0.25, -0.2) is 0 Å². The van der Waals surface area contributed by atoms with Crippen molar-refractivity contribution < 1.29 is 9.90 Å². The Kier molecular flexibility index (Phi) is 3.98. The molecule has 0 saturated heterocycles. The standard InChI is InChI=1S/C21H16N4O2/c1-25-19-15-10-6-5-7-13(15)11-16(19)18(24-25)20(26)17(12-22)21(27)23-14-8-3-2-4-9-14/h2-10,26H,11H2,1H3,(H,23,27). The number of hydrogen-bond donors (Lipinski definition) is 2. The van der Waals surface area contributed by atoms with E-state index in [1.54, 1.807) is 36.0 Å². The second-order valence-corrected chi connectivity index (χ2v) is 6.29. The largest absolute Gasteiger partial charge is 0.504 e. The molecule has 0 saturated carbocycles. The average Bonchev–Trinajstić information content (AvgIpc) is 3.20. The van der Waals surface area contributed by atoms with E-state index in [2.05, 4.69) is 10.4 Å². The second-order valence-electron chi connectivity index (χ2n) is 6.29. The summed E-state index contributed by atoms with van der Waals surface area (Å²) < 4.78 is 1.68. The van der Waals surface area contributed by atoms with Gasteiger partial charge >= 0.3 is 0 Å². The topological polar surface area (TPSA) is 90.9 Å². The van der Waals surface area contributed by atoms with Crippen LogP contribution in [0.1, 0.15) is 16.8 Å². The van der Waals surface area contributed by atoms with E-state index in [-0.39, 0.29) is 11.3 Å². The number of rotatable bonds is 3. The molecule has 1 aliphatic rings. The summed E-state index contributed by atoms with van der Waals surface area (Å²) in [7, 11) is 1.79. The fourth-order valence-electron chi connectivity index (χ4n) is 3.40. The number of anilines is 1. The summed E-state index contributed by atoms with van der Waals surface area (Å²) in [6.45, 7) is 0. The monoisotopic (exact) mass is 356 g/mol. The lowest BCUT2D eigenvalue weighted by molar-refractivity contribution is -0.112. The Morgan fingerprint density at radius 3 is 2.63 bits per heavy atom. The molecule has 0 fully saturated rings. The molecule has 0 bridgehead atoms. The SMILES string of the molecule is Cn1nc(C(O)=C(C#N)C(=O)Nc2ccccc2)c2c1-c1ccccc1C2. The molecular formula is C21H16N4O2. The Morgan fingerprint density at radius 1 is 1.19 bits per heavy atom. The number of nitriles is 1. The van der Waals surface area contributed by atoms with Crippen molar-refractivity contribution in [2.45, 2.75) is 6.42 Å². The van der Waals surface area contributed by atoms with Gasteiger partial charge in [0.2, 0.25) is 0 Å². The summed E-state index contributed by atoms with van der Waals surface area (Å²) >= 11 is 0. The van der Waals surface area contributed by atoms with Crippen molar-refractivity contribution in [3.05, 3.63) is 77.0 Å². The third kappa shape index (κ3) is 2.75. The fourth-order valence-corrected chi connectivity index (χ4v) is 3.40. The van der Waals surface area contributed by atoms with E-state index in [1.807, 2.05) is 36.4 Å². The molecule has 27 heavy (non-hydrogen) atoms. The van der Waals surface area contributed by atoms with E-state index >= 15 is 0 Å². The molecule has 6 heteroatoms. The van der Waals surface area contributed by atoms with E-state index < -0.39 is 11.7 Å². The van der Waals surface area contributed by atoms with Gasteiger partial charge in [-0.05, 0) is 17.7 Å². The maximum atomic E-state index is 12.5. The van der Waals surface area contributed by atoms with Gasteiger partial charge in [0.1, 0.15) is 11.8 Å². The van der Waals surface area contributed by atoms with Gasteiger partial charge in [0, 0.05) is 30.3 Å². The number of benzene rings is 2. The summed E-state index contributed by atoms with van der Waals surface area (Å²) in [5.41, 5.74) is 4.33. The van der Waals surface area contributed by atoms with Crippen molar-refractivity contribution in [2.24, 2.45) is 7.05 Å². The lowest BCUT2D eigenvalue weighted by atomic mass is 10.1. The van der Waals surface area contributed by atoms with Crippen LogP contribution >= 0.6 is 0 Å². The highest BCUT2D eigenvalue weighted by Crippen LogP contribution is 2.39. The minimum atomic E-state index is -0.670. The smallest absolute Gasteiger partial charge is 0.270 e. The number of aliphatic hydroxyl groups is 1. The van der Waals surface area contributed by atoms with E-state index in [0.717, 1.165) is 22.4 Å². The molecule has 2 aromatic carbocycles. The quantitative estimate of drug-likeness (QED) is 0.334. The van der Waals surface area contributed by atoms with Gasteiger partial charge < -0.3 is 10.4 Å². The lowest BCUT2D eigenvalue weighted by Crippen LogP contribution is -2.15. The summed E-state index contributed by atoms with van der Waals surface area (Å²) in [5.74, 6) is -1.08. The molecule has 1 amide bonds. The van der Waals surface area contributed by atoms with Crippen molar-refractivity contribution in [2.75, 3.05) is 5.32 Å². The molecule has 1 heterocycles. The molecule has 4 rings (SSSR count). The number of carbonyl (C=O) groups is 1. The Labute approximate surface area is 156 Å². The molecule has 2 N–H and O–H groups in total. The first-order chi connectivity index (χ1) is 13.1. The number of aromatic nitrogens is 2. The molecular weight excluding hydrogens is 340 g/mol. The number of amides is 1. The van der Waals surface area contributed by atoms with Gasteiger partial charge in [-0.15, -0.1) is 0 Å². The molecule has 0 atom stereocenters. The number of aliphatic hydroxyl groups excluding tert-OH is 1. The zero-order valence-electron chi connectivity index (χ0n) is 14.6. The van der Waals surface area contributed by atoms with Gasteiger partial charge in [0.15, 0.2) is 11.3 Å². The molecule has 0 spiro atoms. The summed E-state index contributed by atoms with van der Waals surface area (Å²) in [4.78, 5) is 12.5. The molecule has 1 aliphatic carbocycles. The number of nitrogens with zero attached hydrogens (tertiary/aromatic N) is 3. The third-order valence-electron chi connectivity index (χ3n) is 4.62. The number of fused-ring (bicyclic) bond motifs is 3. The van der Waals surface area contributed by atoms with Crippen LogP contribution in [0.2, 0.25) is 0 Å². The van der Waals surface area contributed by atoms with Crippen LogP contribution in [0.4, 0.5) is 5.69 Å². The molecule has 0 aliphatic heterocycles. The number of carbonyl (C=O) groups excluding carboxylic acids is 1. The minimum Gasteiger partial charge on any atom is -0.504 e. The van der Waals surface area contributed by atoms with Gasteiger partial charge in [0.25, 0.3) is 5.91 Å². The molecule has 3 aromatic rings. The van der Waals surface area contributed by atoms with Crippen LogP contribution in [0.5, 0.6) is 0 Å². The molecule has 132 valence electrons. The van der Waals surface area contributed by atoms with Crippen LogP contribution in [0.15, 0.2) is 60.2 Å². The van der Waals surface area contributed by atoms with E-state index in [0.29, 0.717) is 12.1 Å². The van der Waals surface area contributed by atoms with Gasteiger partial charge in [0.05, 0.1) is 5.69 Å². The van der Waals surface area contributed by atoms with E-state index in [9.17, 15) is 15.2 Å². The summed E-state index contributed by atoms with van der Waals surface area (Å²) in [6.07, 6.45) is 0.595. The van der Waals surface area contributed by atoms with Crippen molar-refractivity contribution in [3.63, 3.8) is 0 Å². The van der Waals surface area contributed by atoms with E-state index in [1.165, 1.54) is 0 Å². The Hall–Kier alpha value is -3.85. The van der Waals surface area contributed by atoms with Crippen LogP contribution in [0.3, 0.4) is 0 Å². The van der Waals surface area contributed by atoms with Gasteiger partial charge in [-0.3, -0.25) is 9.48 Å². The third-order valence-corrected chi connectivity index (χ3v) is 4.62. The Morgan fingerprint density at radius 2 is 1.89 bits per heavy atom. The van der Waals surface area contributed by atoms with Crippen LogP contribution in [-0.4, -0.2) is 20.8 Å². The average molecular weight is 356 g/mol. The first-order valence-corrected chi connectivity index (χ1v) is 8.44. The molecule has 1 aromatic heterocycles. The van der Waals surface area contributed by atoms with Gasteiger partial charge in [-0.1, -0.05) is 42.5 Å². The van der Waals surface area contributed by atoms with Crippen molar-refractivity contribution in [1.29, 1.82) is 5.26 Å². The zero-order chi connectivity index (χ0) is 19.0. The molecule has 0 radical (unpaired) electrons. The van der Waals surface area contributed by atoms with Crippen LogP contribution in [0, 0.1) is 11.3 Å². The van der Waals surface area contributed by atoms with Crippen LogP contribution in [-0.2, 0) is 18.3 Å². The van der Waals surface area contributed by atoms with E-state index in [4.69, 9.17) is 0 Å². The minimum absolute atomic E-state index is 0.267. The highest BCUT2D eigenvalue weighted by Gasteiger charge is 2.30.